The molecule has 1 aromatic rings. The van der Waals surface area contributed by atoms with Gasteiger partial charge in [0.1, 0.15) is 5.75 Å². The van der Waals surface area contributed by atoms with E-state index in [1.54, 1.807) is 7.11 Å². The van der Waals surface area contributed by atoms with Crippen molar-refractivity contribution in [2.45, 2.75) is 39.7 Å². The number of methoxy groups -OCH3 is 1. The molecule has 0 aromatic heterocycles. The summed E-state index contributed by atoms with van der Waals surface area (Å²) in [6.07, 6.45) is 2.19. The zero-order valence-corrected chi connectivity index (χ0v) is 12.6. The lowest BCUT2D eigenvalue weighted by Crippen LogP contribution is -2.30. The summed E-state index contributed by atoms with van der Waals surface area (Å²) < 4.78 is 5.43. The molecule has 1 atom stereocenters. The van der Waals surface area contributed by atoms with E-state index in [-0.39, 0.29) is 18.1 Å². The summed E-state index contributed by atoms with van der Waals surface area (Å²) in [4.78, 5) is 0. The van der Waals surface area contributed by atoms with Crippen LogP contribution in [-0.4, -0.2) is 25.9 Å². The lowest BCUT2D eigenvalue weighted by Gasteiger charge is -2.29. The van der Waals surface area contributed by atoms with E-state index in [1.807, 2.05) is 7.05 Å². The Bertz CT molecular complexity index is 478. The molecule has 2 N–H and O–H groups in total. The minimum atomic E-state index is 0.0330. The minimum absolute atomic E-state index is 0.0330. The molecule has 3 heteroatoms. The van der Waals surface area contributed by atoms with E-state index in [1.165, 1.54) is 22.3 Å². The van der Waals surface area contributed by atoms with Gasteiger partial charge in [0.25, 0.3) is 0 Å². The molecule has 0 amide bonds. The van der Waals surface area contributed by atoms with Crippen LogP contribution in [0.3, 0.4) is 0 Å². The molecular formula is C16H25NO2. The molecule has 1 fully saturated rings. The van der Waals surface area contributed by atoms with Crippen molar-refractivity contribution in [3.05, 3.63) is 28.3 Å². The van der Waals surface area contributed by atoms with Crippen molar-refractivity contribution in [3.8, 4) is 5.75 Å². The quantitative estimate of drug-likeness (QED) is 0.858. The van der Waals surface area contributed by atoms with Gasteiger partial charge in [-0.05, 0) is 69.0 Å². The predicted molar refractivity (Wildman–Crippen MR) is 77.8 cm³/mol. The second kappa shape index (κ2) is 5.14. The molecule has 2 rings (SSSR count). The highest BCUT2D eigenvalue weighted by Crippen LogP contribution is 2.55. The molecule has 1 aliphatic carbocycles. The molecule has 0 spiro atoms. The molecule has 0 bridgehead atoms. The Balaban J connectivity index is 2.52. The Labute approximate surface area is 116 Å². The number of aliphatic hydroxyl groups is 1. The van der Waals surface area contributed by atoms with Gasteiger partial charge in [-0.25, -0.2) is 0 Å². The molecule has 1 saturated carbocycles. The lowest BCUT2D eigenvalue weighted by molar-refractivity contribution is 0.175. The average Bonchev–Trinajstić information content (AvgIpc) is 3.19. The highest BCUT2D eigenvalue weighted by atomic mass is 16.5. The third-order valence-corrected chi connectivity index (χ3v) is 4.73. The van der Waals surface area contributed by atoms with E-state index in [9.17, 15) is 5.11 Å². The molecule has 0 aliphatic heterocycles. The Morgan fingerprint density at radius 1 is 1.32 bits per heavy atom. The van der Waals surface area contributed by atoms with Gasteiger partial charge in [0.2, 0.25) is 0 Å². The zero-order valence-electron chi connectivity index (χ0n) is 12.6. The molecule has 19 heavy (non-hydrogen) atoms. The van der Waals surface area contributed by atoms with Gasteiger partial charge in [-0.1, -0.05) is 0 Å². The molecule has 1 unspecified atom stereocenters. The number of aliphatic hydroxyl groups excluding tert-OH is 1. The maximum atomic E-state index is 9.71. The first kappa shape index (κ1) is 14.4. The summed E-state index contributed by atoms with van der Waals surface area (Å²) in [6, 6.07) is 2.33. The average molecular weight is 263 g/mol. The zero-order chi connectivity index (χ0) is 14.2. The number of ether oxygens (including phenoxy) is 1. The van der Waals surface area contributed by atoms with E-state index in [4.69, 9.17) is 4.74 Å². The van der Waals surface area contributed by atoms with Crippen molar-refractivity contribution in [2.24, 2.45) is 5.41 Å². The smallest absolute Gasteiger partial charge is 0.122 e. The molecule has 3 nitrogen and oxygen atoms in total. The third kappa shape index (κ3) is 2.26. The van der Waals surface area contributed by atoms with Gasteiger partial charge in [0, 0.05) is 11.5 Å². The number of aryl methyl sites for hydroxylation is 1. The fourth-order valence-corrected chi connectivity index (χ4v) is 3.18. The third-order valence-electron chi connectivity index (χ3n) is 4.73. The van der Waals surface area contributed by atoms with Crippen LogP contribution >= 0.6 is 0 Å². The van der Waals surface area contributed by atoms with E-state index >= 15 is 0 Å². The molecule has 106 valence electrons. The lowest BCUT2D eigenvalue weighted by atomic mass is 9.84. The fraction of sp³-hybridized carbons (Fsp3) is 0.625. The van der Waals surface area contributed by atoms with Crippen molar-refractivity contribution in [3.63, 3.8) is 0 Å². The standard InChI is InChI=1S/C16H25NO2/c1-10-8-13(19-5)11(2)12(3)14(10)15(17-4)16(9-18)6-7-16/h8,15,17-18H,6-7,9H2,1-5H3. The molecule has 0 heterocycles. The van der Waals surface area contributed by atoms with Crippen molar-refractivity contribution >= 4 is 0 Å². The number of hydrogen-bond acceptors (Lipinski definition) is 3. The number of hydrogen-bond donors (Lipinski definition) is 2. The van der Waals surface area contributed by atoms with Gasteiger partial charge >= 0.3 is 0 Å². The van der Waals surface area contributed by atoms with Crippen molar-refractivity contribution < 1.29 is 9.84 Å². The van der Waals surface area contributed by atoms with Crippen LogP contribution in [0, 0.1) is 26.2 Å². The summed E-state index contributed by atoms with van der Waals surface area (Å²) in [7, 11) is 3.70. The van der Waals surface area contributed by atoms with Gasteiger partial charge in [-0.15, -0.1) is 0 Å². The summed E-state index contributed by atoms with van der Waals surface area (Å²) in [5, 5.41) is 13.1. The van der Waals surface area contributed by atoms with Crippen LogP contribution in [0.15, 0.2) is 6.07 Å². The SMILES string of the molecule is CNC(c1c(C)cc(OC)c(C)c1C)C1(CO)CC1. The monoisotopic (exact) mass is 263 g/mol. The second-order valence-electron chi connectivity index (χ2n) is 5.80. The number of nitrogens with one attached hydrogen (secondary N) is 1. The highest BCUT2D eigenvalue weighted by molar-refractivity contribution is 5.50. The maximum Gasteiger partial charge on any atom is 0.122 e. The van der Waals surface area contributed by atoms with Gasteiger partial charge < -0.3 is 15.2 Å². The van der Waals surface area contributed by atoms with Crippen LogP contribution in [0.1, 0.15) is 41.1 Å². The summed E-state index contributed by atoms with van der Waals surface area (Å²) in [5.74, 6) is 0.947. The second-order valence-corrected chi connectivity index (χ2v) is 5.80. The van der Waals surface area contributed by atoms with Gasteiger partial charge in [-0.3, -0.25) is 0 Å². The van der Waals surface area contributed by atoms with Gasteiger partial charge in [-0.2, -0.15) is 0 Å². The van der Waals surface area contributed by atoms with Gasteiger partial charge in [0.05, 0.1) is 13.7 Å². The summed E-state index contributed by atoms with van der Waals surface area (Å²) >= 11 is 0. The molecule has 1 aromatic carbocycles. The number of benzene rings is 1. The fourth-order valence-electron chi connectivity index (χ4n) is 3.18. The maximum absolute atomic E-state index is 9.71. The molecular weight excluding hydrogens is 238 g/mol. The first-order valence-corrected chi connectivity index (χ1v) is 6.93. The van der Waals surface area contributed by atoms with Crippen LogP contribution in [0.25, 0.3) is 0 Å². The van der Waals surface area contributed by atoms with Crippen LogP contribution in [-0.2, 0) is 0 Å². The summed E-state index contributed by atoms with van der Waals surface area (Å²) in [5.41, 5.74) is 5.06. The van der Waals surface area contributed by atoms with Crippen LogP contribution < -0.4 is 10.1 Å². The Morgan fingerprint density at radius 3 is 2.37 bits per heavy atom. The Morgan fingerprint density at radius 2 is 1.95 bits per heavy atom. The van der Waals surface area contributed by atoms with Gasteiger partial charge in [0.15, 0.2) is 0 Å². The first-order valence-electron chi connectivity index (χ1n) is 6.93. The number of rotatable bonds is 5. The minimum Gasteiger partial charge on any atom is -0.496 e. The van der Waals surface area contributed by atoms with Crippen LogP contribution in [0.5, 0.6) is 5.75 Å². The molecule has 0 saturated heterocycles. The van der Waals surface area contributed by atoms with E-state index < -0.39 is 0 Å². The van der Waals surface area contributed by atoms with Crippen LogP contribution in [0.2, 0.25) is 0 Å². The highest BCUT2D eigenvalue weighted by Gasteiger charge is 2.49. The molecule has 0 radical (unpaired) electrons. The largest absolute Gasteiger partial charge is 0.496 e. The summed E-state index contributed by atoms with van der Waals surface area (Å²) in [6.45, 7) is 6.63. The normalized spacial score (nSPS) is 18.2. The Kier molecular flexibility index (Phi) is 3.88. The van der Waals surface area contributed by atoms with E-state index in [0.29, 0.717) is 0 Å². The Hall–Kier alpha value is -1.06. The first-order chi connectivity index (χ1) is 9.00. The van der Waals surface area contributed by atoms with E-state index in [2.05, 4.69) is 32.2 Å². The van der Waals surface area contributed by atoms with Crippen LogP contribution in [0.4, 0.5) is 0 Å². The molecule has 1 aliphatic rings. The predicted octanol–water partition coefficient (Wildman–Crippen LogP) is 2.65. The topological polar surface area (TPSA) is 41.5 Å². The van der Waals surface area contributed by atoms with Crippen molar-refractivity contribution in [1.29, 1.82) is 0 Å². The van der Waals surface area contributed by atoms with Crippen molar-refractivity contribution in [1.82, 2.24) is 5.32 Å². The van der Waals surface area contributed by atoms with Crippen molar-refractivity contribution in [2.75, 3.05) is 20.8 Å². The van der Waals surface area contributed by atoms with E-state index in [0.717, 1.165) is 18.6 Å².